The summed E-state index contributed by atoms with van der Waals surface area (Å²) in [6.07, 6.45) is 1.81. The fourth-order valence-electron chi connectivity index (χ4n) is 3.08. The molecule has 1 aliphatic heterocycles. The Balaban J connectivity index is 1.75. The molecule has 128 valence electrons. The number of nitrogens with one attached hydrogen (secondary N) is 1. The Morgan fingerprint density at radius 1 is 1.25 bits per heavy atom. The second kappa shape index (κ2) is 7.38. The van der Waals surface area contributed by atoms with E-state index < -0.39 is 11.5 Å². The second-order valence-corrected chi connectivity index (χ2v) is 6.38. The summed E-state index contributed by atoms with van der Waals surface area (Å²) in [4.78, 5) is 12.9. The van der Waals surface area contributed by atoms with Crippen molar-refractivity contribution in [2.75, 3.05) is 19.8 Å². The molecule has 6 heteroatoms. The zero-order valence-electron chi connectivity index (χ0n) is 13.2. The summed E-state index contributed by atoms with van der Waals surface area (Å²) < 4.78 is 10.6. The van der Waals surface area contributed by atoms with E-state index >= 15 is 0 Å². The van der Waals surface area contributed by atoms with Gasteiger partial charge in [0.15, 0.2) is 0 Å². The topological polar surface area (TPSA) is 71.7 Å². The molecule has 2 aromatic rings. The van der Waals surface area contributed by atoms with Crippen LogP contribution in [0, 0.1) is 0 Å². The standard InChI is InChI=1S/C18H20ClNO4/c19-14-5-3-13(4-6-14)18(7-10-23-11-8-18)17(22)20-12-15(21)16-2-1-9-24-16/h1-6,9,15,21H,7-8,10-12H2,(H,20,22). The molecule has 0 saturated carbocycles. The van der Waals surface area contributed by atoms with E-state index in [-0.39, 0.29) is 12.5 Å². The Kier molecular flexibility index (Phi) is 5.23. The molecule has 1 aromatic heterocycles. The fraction of sp³-hybridized carbons (Fsp3) is 0.389. The second-order valence-electron chi connectivity index (χ2n) is 5.94. The number of aliphatic hydroxyl groups is 1. The van der Waals surface area contributed by atoms with Gasteiger partial charge in [-0.15, -0.1) is 0 Å². The third-order valence-corrected chi connectivity index (χ3v) is 4.76. The van der Waals surface area contributed by atoms with E-state index in [0.29, 0.717) is 36.8 Å². The number of ether oxygens (including phenoxy) is 1. The molecule has 0 bridgehead atoms. The Bertz CT molecular complexity index is 663. The third kappa shape index (κ3) is 3.48. The molecule has 1 aliphatic rings. The number of hydrogen-bond acceptors (Lipinski definition) is 4. The molecule has 1 saturated heterocycles. The van der Waals surface area contributed by atoms with Gasteiger partial charge in [0, 0.05) is 18.2 Å². The lowest BCUT2D eigenvalue weighted by molar-refractivity contribution is -0.131. The summed E-state index contributed by atoms with van der Waals surface area (Å²) in [7, 11) is 0. The average Bonchev–Trinajstić information content (AvgIpc) is 3.15. The van der Waals surface area contributed by atoms with Gasteiger partial charge in [0.1, 0.15) is 11.9 Å². The molecule has 2 N–H and O–H groups in total. The molecule has 1 aromatic carbocycles. The van der Waals surface area contributed by atoms with Crippen molar-refractivity contribution in [2.45, 2.75) is 24.4 Å². The number of benzene rings is 1. The van der Waals surface area contributed by atoms with Crippen molar-refractivity contribution in [3.8, 4) is 0 Å². The number of amides is 1. The van der Waals surface area contributed by atoms with Gasteiger partial charge in [-0.2, -0.15) is 0 Å². The minimum atomic E-state index is -0.869. The summed E-state index contributed by atoms with van der Waals surface area (Å²) in [6.45, 7) is 1.15. The van der Waals surface area contributed by atoms with Crippen molar-refractivity contribution < 1.29 is 19.1 Å². The van der Waals surface area contributed by atoms with Crippen LogP contribution in [-0.4, -0.2) is 30.8 Å². The zero-order chi connectivity index (χ0) is 17.0. The van der Waals surface area contributed by atoms with Crippen LogP contribution in [0.15, 0.2) is 47.1 Å². The van der Waals surface area contributed by atoms with Gasteiger partial charge in [0.25, 0.3) is 0 Å². The van der Waals surface area contributed by atoms with Gasteiger partial charge in [-0.1, -0.05) is 23.7 Å². The molecule has 1 amide bonds. The first-order valence-electron chi connectivity index (χ1n) is 7.95. The summed E-state index contributed by atoms with van der Waals surface area (Å²) in [5.41, 5.74) is 0.256. The highest BCUT2D eigenvalue weighted by Crippen LogP contribution is 2.35. The van der Waals surface area contributed by atoms with Crippen molar-refractivity contribution >= 4 is 17.5 Å². The summed E-state index contributed by atoms with van der Waals surface area (Å²) >= 11 is 5.97. The number of carbonyl (C=O) groups excluding carboxylic acids is 1. The van der Waals surface area contributed by atoms with Crippen LogP contribution in [0.5, 0.6) is 0 Å². The molecular formula is C18H20ClNO4. The van der Waals surface area contributed by atoms with E-state index in [9.17, 15) is 9.90 Å². The van der Waals surface area contributed by atoms with E-state index in [1.54, 1.807) is 24.3 Å². The van der Waals surface area contributed by atoms with Crippen LogP contribution >= 0.6 is 11.6 Å². The lowest BCUT2D eigenvalue weighted by Crippen LogP contribution is -2.48. The first-order chi connectivity index (χ1) is 11.6. The molecule has 2 heterocycles. The van der Waals surface area contributed by atoms with Gasteiger partial charge in [-0.3, -0.25) is 4.79 Å². The average molecular weight is 350 g/mol. The Hall–Kier alpha value is -1.82. The first-order valence-corrected chi connectivity index (χ1v) is 8.33. The monoisotopic (exact) mass is 349 g/mol. The van der Waals surface area contributed by atoms with E-state index in [2.05, 4.69) is 5.32 Å². The van der Waals surface area contributed by atoms with Gasteiger partial charge in [-0.05, 0) is 42.7 Å². The van der Waals surface area contributed by atoms with Gasteiger partial charge >= 0.3 is 0 Å². The number of rotatable bonds is 5. The first kappa shape index (κ1) is 17.0. The SMILES string of the molecule is O=C(NCC(O)c1ccco1)C1(c2ccc(Cl)cc2)CCOCC1. The van der Waals surface area contributed by atoms with Crippen molar-refractivity contribution in [1.82, 2.24) is 5.32 Å². The van der Waals surface area contributed by atoms with Crippen LogP contribution in [0.4, 0.5) is 0 Å². The minimum absolute atomic E-state index is 0.0997. The van der Waals surface area contributed by atoms with Gasteiger partial charge in [0.05, 0.1) is 18.2 Å². The molecule has 0 spiro atoms. The maximum atomic E-state index is 12.9. The Morgan fingerprint density at radius 2 is 1.96 bits per heavy atom. The lowest BCUT2D eigenvalue weighted by atomic mass is 9.73. The van der Waals surface area contributed by atoms with E-state index in [1.807, 2.05) is 12.1 Å². The van der Waals surface area contributed by atoms with E-state index in [0.717, 1.165) is 5.56 Å². The Labute approximate surface area is 145 Å². The Morgan fingerprint density at radius 3 is 2.58 bits per heavy atom. The van der Waals surface area contributed by atoms with Gasteiger partial charge < -0.3 is 19.6 Å². The molecule has 3 rings (SSSR count). The predicted molar refractivity (Wildman–Crippen MR) is 89.9 cm³/mol. The zero-order valence-corrected chi connectivity index (χ0v) is 14.0. The quantitative estimate of drug-likeness (QED) is 0.870. The molecule has 0 aliphatic carbocycles. The summed E-state index contributed by atoms with van der Waals surface area (Å²) in [5.74, 6) is 0.321. The summed E-state index contributed by atoms with van der Waals surface area (Å²) in [5, 5.41) is 13.6. The fourth-order valence-corrected chi connectivity index (χ4v) is 3.20. The normalized spacial score (nSPS) is 18.1. The smallest absolute Gasteiger partial charge is 0.230 e. The molecule has 5 nitrogen and oxygen atoms in total. The summed E-state index contributed by atoms with van der Waals surface area (Å²) in [6, 6.07) is 10.7. The minimum Gasteiger partial charge on any atom is -0.467 e. The van der Waals surface area contributed by atoms with E-state index in [4.69, 9.17) is 20.8 Å². The molecule has 1 atom stereocenters. The highest BCUT2D eigenvalue weighted by Gasteiger charge is 2.41. The lowest BCUT2D eigenvalue weighted by Gasteiger charge is -2.36. The molecule has 24 heavy (non-hydrogen) atoms. The van der Waals surface area contributed by atoms with Crippen molar-refractivity contribution in [3.63, 3.8) is 0 Å². The number of furan rings is 1. The van der Waals surface area contributed by atoms with E-state index in [1.165, 1.54) is 6.26 Å². The maximum absolute atomic E-state index is 12.9. The van der Waals surface area contributed by atoms with Gasteiger partial charge in [0.2, 0.25) is 5.91 Å². The van der Waals surface area contributed by atoms with Crippen LogP contribution in [0.1, 0.15) is 30.3 Å². The highest BCUT2D eigenvalue weighted by atomic mass is 35.5. The van der Waals surface area contributed by atoms with Gasteiger partial charge in [-0.25, -0.2) is 0 Å². The van der Waals surface area contributed by atoms with Crippen LogP contribution in [0.25, 0.3) is 0 Å². The molecule has 1 unspecified atom stereocenters. The maximum Gasteiger partial charge on any atom is 0.230 e. The van der Waals surface area contributed by atoms with Crippen LogP contribution in [0.2, 0.25) is 5.02 Å². The number of aliphatic hydroxyl groups excluding tert-OH is 1. The highest BCUT2D eigenvalue weighted by molar-refractivity contribution is 6.30. The van der Waals surface area contributed by atoms with Crippen molar-refractivity contribution in [1.29, 1.82) is 0 Å². The predicted octanol–water partition coefficient (Wildman–Crippen LogP) is 2.83. The van der Waals surface area contributed by atoms with Crippen LogP contribution in [0.3, 0.4) is 0 Å². The number of hydrogen-bond donors (Lipinski definition) is 2. The molecule has 0 radical (unpaired) electrons. The van der Waals surface area contributed by atoms with Crippen LogP contribution in [-0.2, 0) is 14.9 Å². The third-order valence-electron chi connectivity index (χ3n) is 4.51. The van der Waals surface area contributed by atoms with Crippen LogP contribution < -0.4 is 5.32 Å². The number of halogens is 1. The number of carbonyl (C=O) groups is 1. The van der Waals surface area contributed by atoms with Crippen molar-refractivity contribution in [2.24, 2.45) is 0 Å². The molecule has 1 fully saturated rings. The van der Waals surface area contributed by atoms with Crippen molar-refractivity contribution in [3.05, 3.63) is 59.0 Å². The molecular weight excluding hydrogens is 330 g/mol. The largest absolute Gasteiger partial charge is 0.467 e.